The molecule has 4 amide bonds. The summed E-state index contributed by atoms with van der Waals surface area (Å²) in [6.45, 7) is 6.07. The summed E-state index contributed by atoms with van der Waals surface area (Å²) in [5, 5.41) is 8.34. The molecule has 3 aromatic carbocycles. The first-order valence-electron chi connectivity index (χ1n) is 21.5. The predicted octanol–water partition coefficient (Wildman–Crippen LogP) is 5.18. The minimum absolute atomic E-state index is 0.0246. The number of carbonyl (C=O) groups is 4. The third-order valence-electron chi connectivity index (χ3n) is 10.4. The van der Waals surface area contributed by atoms with Gasteiger partial charge in [-0.2, -0.15) is 24.9 Å². The maximum Gasteiger partial charge on any atom is 0.339 e. The standard InChI is InChI=1S/C46H47N13O9/c1-30(60)38-51-39(53-42(52-38)57-19-23-65-24-20-57)32-7-13-37(14-8-32)59(46(63)50-36-15-17-47-18-16-36)29-68-41(61)33-5-11-35(12-6-33)49-44(62)48-34-9-3-31(4-10-34)40-54-43(58-21-25-66-26-22-58)56-45(55-40)67-28-27-64-2/h3-18H,19-29H2,1-2H3,(H,47,50,63)(H2,48,49,62). The monoisotopic (exact) mass is 925 g/mol. The average Bonchev–Trinajstić information content (AvgIpc) is 3.37. The minimum atomic E-state index is -0.721. The van der Waals surface area contributed by atoms with Crippen LogP contribution in [0.5, 0.6) is 6.01 Å². The molecule has 68 heavy (non-hydrogen) atoms. The lowest BCUT2D eigenvalue weighted by molar-refractivity contribution is 0.0513. The number of amides is 4. The Morgan fingerprint density at radius 1 is 0.632 bits per heavy atom. The second kappa shape index (κ2) is 22.3. The fraction of sp³-hybridized carbons (Fsp3) is 0.283. The van der Waals surface area contributed by atoms with Gasteiger partial charge in [0.1, 0.15) is 6.61 Å². The zero-order valence-corrected chi connectivity index (χ0v) is 37.2. The Morgan fingerprint density at radius 2 is 1.18 bits per heavy atom. The van der Waals surface area contributed by atoms with E-state index in [-0.39, 0.29) is 35.6 Å². The van der Waals surface area contributed by atoms with Crippen LogP contribution < -0.4 is 35.4 Å². The van der Waals surface area contributed by atoms with Crippen molar-refractivity contribution in [2.45, 2.75) is 6.92 Å². The van der Waals surface area contributed by atoms with E-state index in [1.807, 2.05) is 9.80 Å². The number of esters is 1. The molecular formula is C46H47N13O9. The number of Topliss-reactive ketones (excluding diaryl/α,β-unsaturated/α-hetero) is 1. The third kappa shape index (κ3) is 12.2. The zero-order valence-electron chi connectivity index (χ0n) is 37.2. The lowest BCUT2D eigenvalue weighted by Crippen LogP contribution is -2.38. The molecule has 22 heteroatoms. The van der Waals surface area contributed by atoms with Crippen molar-refractivity contribution in [2.75, 3.05) is 110 Å². The van der Waals surface area contributed by atoms with Gasteiger partial charge in [0.05, 0.1) is 38.6 Å². The SMILES string of the molecule is COCCOc1nc(-c2ccc(NC(=O)Nc3ccc(C(=O)OCN(C(=O)Nc4ccncc4)c4ccc(-c5nc(C(C)=O)nc(N6CCOCC6)n5)cc4)cc3)cc2)nc(N2CCOCC2)n1. The number of urea groups is 2. The molecule has 5 heterocycles. The maximum absolute atomic E-state index is 13.7. The van der Waals surface area contributed by atoms with Crippen molar-refractivity contribution in [3.8, 4) is 28.8 Å². The van der Waals surface area contributed by atoms with Gasteiger partial charge in [0.25, 0.3) is 0 Å². The molecule has 0 bridgehead atoms. The van der Waals surface area contributed by atoms with Crippen LogP contribution in [0.15, 0.2) is 97.3 Å². The first-order chi connectivity index (χ1) is 33.2. The molecule has 0 spiro atoms. The van der Waals surface area contributed by atoms with E-state index >= 15 is 0 Å². The van der Waals surface area contributed by atoms with E-state index in [9.17, 15) is 19.2 Å². The number of benzene rings is 3. The van der Waals surface area contributed by atoms with Crippen LogP contribution in [0.3, 0.4) is 0 Å². The zero-order chi connectivity index (χ0) is 47.2. The van der Waals surface area contributed by atoms with Crippen molar-refractivity contribution >= 4 is 58.5 Å². The van der Waals surface area contributed by atoms with Gasteiger partial charge in [-0.3, -0.25) is 14.7 Å². The largest absolute Gasteiger partial charge is 0.461 e. The van der Waals surface area contributed by atoms with Gasteiger partial charge in [0.2, 0.25) is 17.7 Å². The van der Waals surface area contributed by atoms with Crippen LogP contribution in [-0.2, 0) is 18.9 Å². The van der Waals surface area contributed by atoms with E-state index in [1.165, 1.54) is 36.4 Å². The summed E-state index contributed by atoms with van der Waals surface area (Å²) in [5.41, 5.74) is 3.17. The van der Waals surface area contributed by atoms with Crippen LogP contribution >= 0.6 is 0 Å². The molecule has 2 fully saturated rings. The van der Waals surface area contributed by atoms with Gasteiger partial charge in [-0.15, -0.1) is 0 Å². The lowest BCUT2D eigenvalue weighted by atomic mass is 10.2. The highest BCUT2D eigenvalue weighted by molar-refractivity contribution is 6.02. The Labute approximate surface area is 390 Å². The second-order valence-electron chi connectivity index (χ2n) is 15.1. The van der Waals surface area contributed by atoms with Gasteiger partial charge in [-0.05, 0) is 84.9 Å². The highest BCUT2D eigenvalue weighted by Crippen LogP contribution is 2.26. The molecule has 22 nitrogen and oxygen atoms in total. The van der Waals surface area contributed by atoms with Crippen molar-refractivity contribution in [3.63, 3.8) is 0 Å². The second-order valence-corrected chi connectivity index (χ2v) is 15.1. The molecule has 350 valence electrons. The minimum Gasteiger partial charge on any atom is -0.461 e. The number of rotatable bonds is 16. The quantitative estimate of drug-likeness (QED) is 0.0489. The lowest BCUT2D eigenvalue weighted by Gasteiger charge is -2.27. The van der Waals surface area contributed by atoms with Crippen LogP contribution in [-0.4, -0.2) is 138 Å². The van der Waals surface area contributed by atoms with Gasteiger partial charge in [-0.25, -0.2) is 19.4 Å². The summed E-state index contributed by atoms with van der Waals surface area (Å²) in [6, 6.07) is 22.1. The number of nitrogens with one attached hydrogen (secondary N) is 3. The van der Waals surface area contributed by atoms with Crippen molar-refractivity contribution in [1.29, 1.82) is 0 Å². The number of hydrogen-bond acceptors (Lipinski definition) is 18. The summed E-state index contributed by atoms with van der Waals surface area (Å²) in [5.74, 6) is 0.508. The number of hydrogen-bond donors (Lipinski definition) is 3. The Hall–Kier alpha value is -8.21. The molecule has 3 N–H and O–H groups in total. The number of ketones is 1. The van der Waals surface area contributed by atoms with Crippen molar-refractivity contribution < 1.29 is 42.9 Å². The topological polar surface area (TPSA) is 250 Å². The number of pyridine rings is 1. The summed E-state index contributed by atoms with van der Waals surface area (Å²) in [7, 11) is 1.58. The Balaban J connectivity index is 0.900. The van der Waals surface area contributed by atoms with Gasteiger partial charge in [0.15, 0.2) is 24.2 Å². The number of morpholine rings is 2. The fourth-order valence-corrected chi connectivity index (χ4v) is 6.78. The van der Waals surface area contributed by atoms with Crippen molar-refractivity contribution in [1.82, 2.24) is 34.9 Å². The van der Waals surface area contributed by atoms with E-state index < -0.39 is 24.8 Å². The van der Waals surface area contributed by atoms with Crippen LogP contribution in [0, 0.1) is 0 Å². The number of ether oxygens (including phenoxy) is 5. The Kier molecular flexibility index (Phi) is 15.2. The van der Waals surface area contributed by atoms with Crippen molar-refractivity contribution in [2.24, 2.45) is 0 Å². The van der Waals surface area contributed by atoms with Gasteiger partial charge >= 0.3 is 24.0 Å². The van der Waals surface area contributed by atoms with E-state index in [1.54, 1.807) is 79.9 Å². The molecule has 2 aliphatic rings. The van der Waals surface area contributed by atoms with Gasteiger partial charge < -0.3 is 49.4 Å². The normalized spacial score (nSPS) is 13.6. The predicted molar refractivity (Wildman–Crippen MR) is 249 cm³/mol. The fourth-order valence-electron chi connectivity index (χ4n) is 6.78. The van der Waals surface area contributed by atoms with Crippen LogP contribution in [0.25, 0.3) is 22.8 Å². The van der Waals surface area contributed by atoms with Gasteiger partial charge in [-0.1, -0.05) is 0 Å². The van der Waals surface area contributed by atoms with Crippen LogP contribution in [0.4, 0.5) is 44.2 Å². The number of nitrogens with zero attached hydrogens (tertiary/aromatic N) is 10. The molecular weight excluding hydrogens is 879 g/mol. The van der Waals surface area contributed by atoms with Gasteiger partial charge in [0, 0.05) is 86.5 Å². The van der Waals surface area contributed by atoms with Crippen LogP contribution in [0.1, 0.15) is 27.9 Å². The summed E-state index contributed by atoms with van der Waals surface area (Å²) < 4.78 is 27.4. The third-order valence-corrected chi connectivity index (χ3v) is 10.4. The molecule has 2 aliphatic heterocycles. The molecule has 6 aromatic rings. The maximum atomic E-state index is 13.7. The Bertz CT molecular complexity index is 2690. The molecule has 3 aromatic heterocycles. The highest BCUT2D eigenvalue weighted by atomic mass is 16.5. The smallest absolute Gasteiger partial charge is 0.339 e. The van der Waals surface area contributed by atoms with Crippen LogP contribution in [0.2, 0.25) is 0 Å². The Morgan fingerprint density at radius 3 is 1.76 bits per heavy atom. The summed E-state index contributed by atoms with van der Waals surface area (Å²) >= 11 is 0. The summed E-state index contributed by atoms with van der Waals surface area (Å²) in [6.07, 6.45) is 3.06. The number of carbonyl (C=O) groups excluding carboxylic acids is 4. The van der Waals surface area contributed by atoms with E-state index in [0.29, 0.717) is 111 Å². The first kappa shape index (κ1) is 46.3. The summed E-state index contributed by atoms with van der Waals surface area (Å²) in [4.78, 5) is 88.6. The highest BCUT2D eigenvalue weighted by Gasteiger charge is 2.23. The molecule has 0 radical (unpaired) electrons. The average molecular weight is 926 g/mol. The number of aromatic nitrogens is 7. The first-order valence-corrected chi connectivity index (χ1v) is 21.5. The number of methoxy groups -OCH3 is 1. The molecule has 0 aliphatic carbocycles. The molecule has 0 unspecified atom stereocenters. The molecule has 8 rings (SSSR count). The van der Waals surface area contributed by atoms with E-state index in [0.717, 1.165) is 0 Å². The molecule has 2 saturated heterocycles. The molecule has 0 saturated carbocycles. The molecule has 0 atom stereocenters. The van der Waals surface area contributed by atoms with E-state index in [4.69, 9.17) is 23.7 Å². The number of anilines is 6. The van der Waals surface area contributed by atoms with Crippen molar-refractivity contribution in [3.05, 3.63) is 109 Å². The van der Waals surface area contributed by atoms with E-state index in [2.05, 4.69) is 50.8 Å².